The predicted octanol–water partition coefficient (Wildman–Crippen LogP) is 17.6. The topological polar surface area (TPSA) is 352 Å². The largest absolute Gasteiger partial charge is 0.496 e. The minimum Gasteiger partial charge on any atom is -0.496 e. The third kappa shape index (κ3) is 25.2. The molecule has 5 heterocycles. The number of nitrogens with one attached hydrogen (secondary N) is 6. The van der Waals surface area contributed by atoms with Gasteiger partial charge in [0.1, 0.15) is 105 Å². The van der Waals surface area contributed by atoms with Gasteiger partial charge in [0.25, 0.3) is 23.3 Å². The molecule has 139 heavy (non-hydrogen) atoms. The minimum atomic E-state index is -4.79. The third-order valence-corrected chi connectivity index (χ3v) is 21.6. The number of pyridine rings is 4. The van der Waals surface area contributed by atoms with Crippen LogP contribution < -0.4 is 57.4 Å². The lowest BCUT2D eigenvalue weighted by Gasteiger charge is -2.22. The van der Waals surface area contributed by atoms with Crippen molar-refractivity contribution in [3.8, 4) is 50.8 Å². The summed E-state index contributed by atoms with van der Waals surface area (Å²) in [5, 5.41) is 18.0. The number of benzene rings is 7. The van der Waals surface area contributed by atoms with Crippen molar-refractivity contribution in [2.45, 2.75) is 127 Å². The number of rotatable bonds is 32. The molecule has 5 aromatic heterocycles. The van der Waals surface area contributed by atoms with Gasteiger partial charge in [-0.15, -0.1) is 0 Å². The highest BCUT2D eigenvalue weighted by Crippen LogP contribution is 2.45. The van der Waals surface area contributed by atoms with Crippen molar-refractivity contribution in [3.05, 3.63) is 248 Å². The predicted molar refractivity (Wildman–Crippen MR) is 473 cm³/mol. The number of aromatic nitrogens is 6. The highest BCUT2D eigenvalue weighted by Gasteiger charge is 2.43. The summed E-state index contributed by atoms with van der Waals surface area (Å²) in [5.41, 5.74) is 3.50. The zero-order chi connectivity index (χ0) is 102. The molecule has 0 bridgehead atoms. The number of hydrogen-bond donors (Lipinski definition) is 7. The van der Waals surface area contributed by atoms with E-state index in [9.17, 15) is 104 Å². The van der Waals surface area contributed by atoms with Gasteiger partial charge in [-0.3, -0.25) is 34.1 Å². The lowest BCUT2D eigenvalue weighted by Crippen LogP contribution is -2.43. The molecule has 27 nitrogen and oxygen atoms in total. The second kappa shape index (κ2) is 45.3. The SMILES string of the molecule is CCOCc1cc(OC)c(-c2ccc(C[C@H](NC(=O)c3c(F)cc(N[C@H](CC)C(F)(F)F)cc3F)C(=O)OC)c3cccnc23)c(OC)c1.CC[C@@H](Nc1cc(F)c(C(=O)N[C@@H](Cc2ccc(-c3nc(N)ccc3C(F)(F)F)c3ncccc23)C(=O)OC)c(F)c1)C(F)(F)F.COC(=O)[C@H](Cc1ccc(-c2c(OC)cnn(C)c2=O)c2ncccc12)NC(=O)c1c(F)cc(N[C@H](C)C(F)(F)F)cc1F. The molecular weight excluding hydrogens is 1880 g/mol. The fourth-order valence-corrected chi connectivity index (χ4v) is 14.7. The van der Waals surface area contributed by atoms with Gasteiger partial charge < -0.3 is 70.8 Å². The summed E-state index contributed by atoms with van der Waals surface area (Å²) >= 11 is 0. The summed E-state index contributed by atoms with van der Waals surface area (Å²) in [5.74, 6) is -14.7. The first-order valence-corrected chi connectivity index (χ1v) is 41.7. The summed E-state index contributed by atoms with van der Waals surface area (Å²) in [6.07, 6.45) is -14.7. The molecule has 0 unspecified atom stereocenters. The van der Waals surface area contributed by atoms with Crippen LogP contribution in [0, 0.1) is 34.9 Å². The Morgan fingerprint density at radius 3 is 1.13 bits per heavy atom. The van der Waals surface area contributed by atoms with E-state index < -0.39 is 195 Å². The summed E-state index contributed by atoms with van der Waals surface area (Å²) in [4.78, 5) is 107. The molecule has 45 heteroatoms. The van der Waals surface area contributed by atoms with Gasteiger partial charge in [0.2, 0.25) is 0 Å². The van der Waals surface area contributed by atoms with Crippen molar-refractivity contribution in [2.75, 3.05) is 70.9 Å². The maximum Gasteiger partial charge on any atom is 0.418 e. The quantitative estimate of drug-likeness (QED) is 0.0117. The summed E-state index contributed by atoms with van der Waals surface area (Å²) in [6, 6.07) is 16.9. The van der Waals surface area contributed by atoms with E-state index in [1.165, 1.54) is 85.1 Å². The number of nitrogens with zero attached hydrogens (tertiary/aromatic N) is 6. The normalized spacial score (nSPS) is 12.9. The second-order valence-corrected chi connectivity index (χ2v) is 30.6. The first kappa shape index (κ1) is 106. The summed E-state index contributed by atoms with van der Waals surface area (Å²) in [7, 11) is 9.03. The first-order chi connectivity index (χ1) is 65.7. The van der Waals surface area contributed by atoms with E-state index >= 15 is 8.78 Å². The Labute approximate surface area is 778 Å². The van der Waals surface area contributed by atoms with E-state index in [0.717, 1.165) is 50.6 Å². The van der Waals surface area contributed by atoms with Crippen LogP contribution >= 0.6 is 0 Å². The molecule has 0 aliphatic carbocycles. The van der Waals surface area contributed by atoms with Gasteiger partial charge in [-0.2, -0.15) is 57.8 Å². The summed E-state index contributed by atoms with van der Waals surface area (Å²) in [6.45, 7) is 5.98. The molecule has 0 saturated heterocycles. The van der Waals surface area contributed by atoms with E-state index in [-0.39, 0.29) is 58.4 Å². The molecule has 12 aromatic rings. The van der Waals surface area contributed by atoms with Crippen LogP contribution in [-0.2, 0) is 72.4 Å². The maximum absolute atomic E-state index is 15.0. The van der Waals surface area contributed by atoms with E-state index in [4.69, 9.17) is 38.9 Å². The Hall–Kier alpha value is -15.1. The van der Waals surface area contributed by atoms with Crippen LogP contribution in [0.15, 0.2) is 163 Å². The van der Waals surface area contributed by atoms with Crippen LogP contribution in [-0.4, -0.2) is 169 Å². The van der Waals surface area contributed by atoms with Crippen molar-refractivity contribution < 1.29 is 141 Å². The number of aryl methyl sites for hydroxylation is 1. The fourth-order valence-electron chi connectivity index (χ4n) is 14.7. The number of halogens is 18. The maximum atomic E-state index is 15.0. The molecule has 3 amide bonds. The van der Waals surface area contributed by atoms with Gasteiger partial charge in [-0.05, 0) is 128 Å². The van der Waals surface area contributed by atoms with E-state index in [2.05, 4.69) is 41.0 Å². The second-order valence-electron chi connectivity index (χ2n) is 30.6. The van der Waals surface area contributed by atoms with Gasteiger partial charge >= 0.3 is 42.6 Å². The monoisotopic (exact) mass is 1960 g/mol. The Bertz CT molecular complexity index is 6530. The average molecular weight is 1960 g/mol. The molecule has 0 spiro atoms. The van der Waals surface area contributed by atoms with Gasteiger partial charge in [-0.25, -0.2) is 50.4 Å². The average Bonchev–Trinajstić information content (AvgIpc) is 0.768. The highest BCUT2D eigenvalue weighted by molar-refractivity contribution is 6.03. The number of nitrogens with two attached hydrogens (primary N) is 1. The molecule has 8 N–H and O–H groups in total. The van der Waals surface area contributed by atoms with Crippen molar-refractivity contribution >= 4 is 91.2 Å². The minimum absolute atomic E-state index is 0.0358. The third-order valence-electron chi connectivity index (χ3n) is 21.6. The van der Waals surface area contributed by atoms with Crippen molar-refractivity contribution in [2.24, 2.45) is 7.05 Å². The Morgan fingerprint density at radius 2 is 0.799 bits per heavy atom. The number of methoxy groups -OCH3 is 6. The molecule has 0 saturated carbocycles. The first-order valence-electron chi connectivity index (χ1n) is 41.7. The lowest BCUT2D eigenvalue weighted by molar-refractivity contribution is -0.143. The number of carbonyl (C=O) groups is 6. The number of alkyl halides is 12. The van der Waals surface area contributed by atoms with Gasteiger partial charge in [-0.1, -0.05) is 68.4 Å². The molecule has 0 aliphatic rings. The van der Waals surface area contributed by atoms with Crippen LogP contribution in [0.4, 0.5) is 102 Å². The number of carbonyl (C=O) groups excluding carboxylic acids is 6. The van der Waals surface area contributed by atoms with E-state index in [1.54, 1.807) is 54.7 Å². The number of esters is 3. The Morgan fingerprint density at radius 1 is 0.446 bits per heavy atom. The number of nitrogen functional groups attached to an aromatic ring is 1. The van der Waals surface area contributed by atoms with Crippen LogP contribution in [0.25, 0.3) is 66.2 Å². The number of fused-ring (bicyclic) bond motifs is 3. The fraction of sp³-hybridized carbons (Fsp3) is 0.298. The number of amides is 3. The van der Waals surface area contributed by atoms with Crippen molar-refractivity contribution in [3.63, 3.8) is 0 Å². The van der Waals surface area contributed by atoms with Crippen molar-refractivity contribution in [1.29, 1.82) is 0 Å². The Kier molecular flexibility index (Phi) is 34.5. The van der Waals surface area contributed by atoms with E-state index in [1.807, 2.05) is 35.0 Å². The summed E-state index contributed by atoms with van der Waals surface area (Å²) < 4.78 is 286. The molecule has 6 atom stereocenters. The van der Waals surface area contributed by atoms with Gasteiger partial charge in [0.15, 0.2) is 5.75 Å². The van der Waals surface area contributed by atoms with Crippen LogP contribution in [0.1, 0.15) is 99.4 Å². The zero-order valence-electron chi connectivity index (χ0n) is 75.2. The molecule has 738 valence electrons. The number of anilines is 4. The molecular formula is C94H87F18N13O14. The van der Waals surface area contributed by atoms with Crippen molar-refractivity contribution in [1.82, 2.24) is 45.7 Å². The molecule has 0 radical (unpaired) electrons. The molecule has 12 rings (SSSR count). The van der Waals surface area contributed by atoms with Crippen LogP contribution in [0.5, 0.6) is 17.2 Å². The zero-order valence-corrected chi connectivity index (χ0v) is 75.2. The molecule has 7 aromatic carbocycles. The van der Waals surface area contributed by atoms with Gasteiger partial charge in [0, 0.05) is 101 Å². The van der Waals surface area contributed by atoms with Crippen LogP contribution in [0.3, 0.4) is 0 Å². The molecule has 0 aliphatic heterocycles. The number of hydrogen-bond acceptors (Lipinski definition) is 23. The molecule has 0 fully saturated rings. The number of ether oxygens (including phenoxy) is 7. The van der Waals surface area contributed by atoms with Gasteiger partial charge in [0.05, 0.1) is 94.4 Å². The standard InChI is InChI=1S/C35H36F5N3O6.C30H25F8N5O3.C29H26F5N5O5/c1-6-29(35(38,39)40)42-21-16-24(36)31(25(37)17-21)33(44)43-26(34(45)48-5)15-20-10-11-23(32-22(20)9-8-12-41-32)30-27(46-3)13-19(18-49-7-2)14-28(30)47-4;1-3-22(30(36,37)38)41-15-12-19(31)24(20(32)13-15)27(44)42-21(28(45)46-2)11-14-6-7-17(25-16(14)5-4-10-40-25)26-18(29(33,34)35)8-9-23(39)43-26;1-14(29(32,33)34)37-16-11-19(30)24(20(31)12-16)26(40)38-21(28(42)44-4)10-15-7-8-18(25-17(15)6-5-9-35-25)23-22(43-3)13-36-39(2)27(23)41/h8-14,16-17,26,29,42H,6-7,15,18H2,1-5H3,(H,43,44);4-10,12-13,21-22,41H,3,11H2,1-2H3,(H2,39,43)(H,42,44);5-9,11-14,21,37H,10H2,1-4H3,(H,38,40)/t26-,29+;21-,22+;14-,21+/m001/s1. The smallest absolute Gasteiger partial charge is 0.418 e. The lowest BCUT2D eigenvalue weighted by atomic mass is 9.93. The van der Waals surface area contributed by atoms with Crippen LogP contribution in [0.2, 0.25) is 0 Å². The Balaban J connectivity index is 0.000000215. The van der Waals surface area contributed by atoms with E-state index in [0.29, 0.717) is 111 Å². The highest BCUT2D eigenvalue weighted by atomic mass is 19.4.